The number of carbonyl (C=O) groups is 1. The van der Waals surface area contributed by atoms with Crippen LogP contribution in [-0.4, -0.2) is 5.78 Å². The quantitative estimate of drug-likeness (QED) is 0.527. The molecule has 14 heavy (non-hydrogen) atoms. The summed E-state index contributed by atoms with van der Waals surface area (Å²) in [5, 5.41) is 8.54. The van der Waals surface area contributed by atoms with Crippen LogP contribution in [0, 0.1) is 18.3 Å². The molecule has 1 aromatic carbocycles. The van der Waals surface area contributed by atoms with Crippen molar-refractivity contribution in [2.75, 3.05) is 0 Å². The largest absolute Gasteiger partial charge is 0.277 e. The summed E-state index contributed by atoms with van der Waals surface area (Å²) in [5.41, 5.74) is 2.48. The van der Waals surface area contributed by atoms with Gasteiger partial charge < -0.3 is 0 Å². The van der Waals surface area contributed by atoms with Gasteiger partial charge in [-0.05, 0) is 30.0 Å². The van der Waals surface area contributed by atoms with Crippen molar-refractivity contribution >= 4 is 5.78 Å². The van der Waals surface area contributed by atoms with Crippen LogP contribution in [0.2, 0.25) is 0 Å². The summed E-state index contributed by atoms with van der Waals surface area (Å²) in [6.07, 6.45) is 0. The van der Waals surface area contributed by atoms with Crippen LogP contribution in [0.5, 0.6) is 0 Å². The molecule has 0 saturated carbocycles. The van der Waals surface area contributed by atoms with Crippen molar-refractivity contribution in [3.8, 4) is 6.07 Å². The SMILES string of the molecule is Cc1ccc(C(C)C)cc1C(=O)C#N. The first-order valence-electron chi connectivity index (χ1n) is 4.61. The Hall–Kier alpha value is -1.62. The number of rotatable bonds is 2. The Bertz CT molecular complexity index is 399. The van der Waals surface area contributed by atoms with Crippen LogP contribution >= 0.6 is 0 Å². The fourth-order valence-corrected chi connectivity index (χ4v) is 1.30. The maximum atomic E-state index is 11.2. The van der Waals surface area contributed by atoms with Gasteiger partial charge in [0.05, 0.1) is 0 Å². The number of hydrogen-bond donors (Lipinski definition) is 0. The predicted molar refractivity (Wildman–Crippen MR) is 55.2 cm³/mol. The van der Waals surface area contributed by atoms with Crippen LogP contribution in [0.1, 0.15) is 41.3 Å². The topological polar surface area (TPSA) is 40.9 Å². The molecule has 1 aromatic rings. The van der Waals surface area contributed by atoms with E-state index in [1.54, 1.807) is 6.07 Å². The lowest BCUT2D eigenvalue weighted by atomic mass is 9.96. The lowest BCUT2D eigenvalue weighted by Crippen LogP contribution is -2.00. The molecule has 0 N–H and O–H groups in total. The Kier molecular flexibility index (Phi) is 3.03. The third kappa shape index (κ3) is 2.00. The van der Waals surface area contributed by atoms with Gasteiger partial charge in [-0.3, -0.25) is 4.79 Å². The molecular weight excluding hydrogens is 174 g/mol. The predicted octanol–water partition coefficient (Wildman–Crippen LogP) is 2.82. The van der Waals surface area contributed by atoms with E-state index in [0.717, 1.165) is 11.1 Å². The molecule has 0 aliphatic heterocycles. The maximum absolute atomic E-state index is 11.2. The third-order valence-corrected chi connectivity index (χ3v) is 2.27. The molecule has 0 aliphatic carbocycles. The highest BCUT2D eigenvalue weighted by Gasteiger charge is 2.09. The monoisotopic (exact) mass is 187 g/mol. The number of aryl methyl sites for hydroxylation is 1. The van der Waals surface area contributed by atoms with Crippen LogP contribution in [0.3, 0.4) is 0 Å². The van der Waals surface area contributed by atoms with Crippen molar-refractivity contribution in [3.05, 3.63) is 34.9 Å². The minimum Gasteiger partial charge on any atom is -0.277 e. The summed E-state index contributed by atoms with van der Waals surface area (Å²) in [7, 11) is 0. The Morgan fingerprint density at radius 2 is 2.07 bits per heavy atom. The number of benzene rings is 1. The molecule has 0 atom stereocenters. The van der Waals surface area contributed by atoms with Gasteiger partial charge in [0, 0.05) is 5.56 Å². The Labute approximate surface area is 84.2 Å². The van der Waals surface area contributed by atoms with Gasteiger partial charge in [0.1, 0.15) is 6.07 Å². The molecule has 0 bridgehead atoms. The van der Waals surface area contributed by atoms with Crippen molar-refractivity contribution in [1.29, 1.82) is 5.26 Å². The number of carbonyl (C=O) groups excluding carboxylic acids is 1. The first-order valence-corrected chi connectivity index (χ1v) is 4.61. The number of nitrogens with zero attached hydrogens (tertiary/aromatic N) is 1. The molecule has 0 radical (unpaired) electrons. The lowest BCUT2D eigenvalue weighted by molar-refractivity contribution is 0.105. The molecule has 0 saturated heterocycles. The van der Waals surface area contributed by atoms with E-state index in [1.165, 1.54) is 0 Å². The summed E-state index contributed by atoms with van der Waals surface area (Å²) < 4.78 is 0. The summed E-state index contributed by atoms with van der Waals surface area (Å²) >= 11 is 0. The first-order chi connectivity index (χ1) is 6.56. The van der Waals surface area contributed by atoms with Crippen LogP contribution in [0.25, 0.3) is 0 Å². The van der Waals surface area contributed by atoms with Gasteiger partial charge in [0.25, 0.3) is 5.78 Å². The first kappa shape index (κ1) is 10.5. The number of ketones is 1. The van der Waals surface area contributed by atoms with Crippen LogP contribution in [0.15, 0.2) is 18.2 Å². The fourth-order valence-electron chi connectivity index (χ4n) is 1.30. The van der Waals surface area contributed by atoms with E-state index in [-0.39, 0.29) is 0 Å². The summed E-state index contributed by atoms with van der Waals surface area (Å²) in [5.74, 6) is -0.0779. The second-order valence-corrected chi connectivity index (χ2v) is 3.67. The number of nitriles is 1. The summed E-state index contributed by atoms with van der Waals surface area (Å²) in [6.45, 7) is 5.96. The zero-order valence-electron chi connectivity index (χ0n) is 8.66. The molecular formula is C12H13NO. The van der Waals surface area contributed by atoms with Gasteiger partial charge >= 0.3 is 0 Å². The van der Waals surface area contributed by atoms with Crippen LogP contribution in [-0.2, 0) is 0 Å². The second-order valence-electron chi connectivity index (χ2n) is 3.67. The van der Waals surface area contributed by atoms with Crippen LogP contribution in [0.4, 0.5) is 0 Å². The van der Waals surface area contributed by atoms with E-state index in [4.69, 9.17) is 5.26 Å². The second kappa shape index (κ2) is 4.06. The maximum Gasteiger partial charge on any atom is 0.262 e. The van der Waals surface area contributed by atoms with Crippen molar-refractivity contribution in [3.63, 3.8) is 0 Å². The number of Topliss-reactive ketones (excluding diaryl/α,β-unsaturated/α-hetero) is 1. The minimum absolute atomic E-state index is 0.376. The van der Waals surface area contributed by atoms with Gasteiger partial charge in [-0.15, -0.1) is 0 Å². The van der Waals surface area contributed by atoms with E-state index in [9.17, 15) is 4.79 Å². The molecule has 2 nitrogen and oxygen atoms in total. The van der Waals surface area contributed by atoms with E-state index >= 15 is 0 Å². The molecule has 0 spiro atoms. The molecule has 0 aliphatic rings. The molecule has 1 rings (SSSR count). The standard InChI is InChI=1S/C12H13NO/c1-8(2)10-5-4-9(3)11(6-10)12(14)7-13/h4-6,8H,1-3H3. The van der Waals surface area contributed by atoms with Gasteiger partial charge in [0.15, 0.2) is 0 Å². The molecule has 0 heterocycles. The molecule has 72 valence electrons. The van der Waals surface area contributed by atoms with Crippen molar-refractivity contribution in [2.24, 2.45) is 0 Å². The van der Waals surface area contributed by atoms with Crippen molar-refractivity contribution < 1.29 is 4.79 Å². The van der Waals surface area contributed by atoms with E-state index in [0.29, 0.717) is 11.5 Å². The highest BCUT2D eigenvalue weighted by atomic mass is 16.1. The smallest absolute Gasteiger partial charge is 0.262 e. The van der Waals surface area contributed by atoms with Gasteiger partial charge in [-0.1, -0.05) is 26.0 Å². The van der Waals surface area contributed by atoms with Crippen molar-refractivity contribution in [1.82, 2.24) is 0 Å². The van der Waals surface area contributed by atoms with Crippen LogP contribution < -0.4 is 0 Å². The van der Waals surface area contributed by atoms with Gasteiger partial charge in [-0.2, -0.15) is 5.26 Å². The molecule has 0 amide bonds. The molecule has 0 unspecified atom stereocenters. The zero-order chi connectivity index (χ0) is 10.7. The third-order valence-electron chi connectivity index (χ3n) is 2.27. The van der Waals surface area contributed by atoms with E-state index in [2.05, 4.69) is 13.8 Å². The summed E-state index contributed by atoms with van der Waals surface area (Å²) in [6, 6.07) is 7.34. The Balaban J connectivity index is 3.23. The number of hydrogen-bond acceptors (Lipinski definition) is 2. The molecule has 2 heteroatoms. The van der Waals surface area contributed by atoms with Gasteiger partial charge in [-0.25, -0.2) is 0 Å². The Morgan fingerprint density at radius 3 is 2.57 bits per heavy atom. The Morgan fingerprint density at radius 1 is 1.43 bits per heavy atom. The van der Waals surface area contributed by atoms with Crippen molar-refractivity contribution in [2.45, 2.75) is 26.7 Å². The summed E-state index contributed by atoms with van der Waals surface area (Å²) in [4.78, 5) is 11.2. The lowest BCUT2D eigenvalue weighted by Gasteiger charge is -2.07. The highest BCUT2D eigenvalue weighted by Crippen LogP contribution is 2.18. The fraction of sp³-hybridized carbons (Fsp3) is 0.333. The molecule has 0 fully saturated rings. The average molecular weight is 187 g/mol. The van der Waals surface area contributed by atoms with Gasteiger partial charge in [0.2, 0.25) is 0 Å². The van der Waals surface area contributed by atoms with E-state index < -0.39 is 5.78 Å². The zero-order valence-corrected chi connectivity index (χ0v) is 8.66. The highest BCUT2D eigenvalue weighted by molar-refractivity contribution is 6.08. The minimum atomic E-state index is -0.454. The average Bonchev–Trinajstić information content (AvgIpc) is 2.17. The normalized spacial score (nSPS) is 9.93. The van der Waals surface area contributed by atoms with E-state index in [1.807, 2.05) is 25.1 Å². The molecule has 0 aromatic heterocycles.